The third-order valence-electron chi connectivity index (χ3n) is 4.69. The molecule has 0 atom stereocenters. The van der Waals surface area contributed by atoms with Gasteiger partial charge in [-0.3, -0.25) is 4.79 Å². The van der Waals surface area contributed by atoms with Gasteiger partial charge in [0.15, 0.2) is 6.61 Å². The summed E-state index contributed by atoms with van der Waals surface area (Å²) >= 11 is 12.8. The Morgan fingerprint density at radius 1 is 1.06 bits per heavy atom. The lowest BCUT2D eigenvalue weighted by Crippen LogP contribution is -2.20. The van der Waals surface area contributed by atoms with E-state index in [1.54, 1.807) is 30.3 Å². The number of primary amides is 1. The number of aromatic nitrogens is 1. The SMILES string of the molecule is N#Cc1c(-c2ccccc2OCC(N)=O)c(Nc2c(Cl)cccc2Cl)n2ccccc12. The molecule has 0 aliphatic heterocycles. The maximum Gasteiger partial charge on any atom is 0.255 e. The summed E-state index contributed by atoms with van der Waals surface area (Å²) in [5, 5.41) is 14.2. The molecule has 0 saturated carbocycles. The Bertz CT molecular complexity index is 1320. The number of rotatable bonds is 6. The topological polar surface area (TPSA) is 92.5 Å². The van der Waals surface area contributed by atoms with Crippen LogP contribution in [0, 0.1) is 11.3 Å². The minimum atomic E-state index is -0.599. The molecule has 0 radical (unpaired) electrons. The summed E-state index contributed by atoms with van der Waals surface area (Å²) in [6, 6.07) is 20.2. The molecule has 0 aliphatic rings. The zero-order valence-electron chi connectivity index (χ0n) is 16.1. The number of hydrogen-bond acceptors (Lipinski definition) is 4. The number of anilines is 2. The van der Waals surface area contributed by atoms with Gasteiger partial charge in [-0.1, -0.05) is 53.5 Å². The lowest BCUT2D eigenvalue weighted by Gasteiger charge is -2.15. The first-order valence-corrected chi connectivity index (χ1v) is 10.0. The van der Waals surface area contributed by atoms with E-state index >= 15 is 0 Å². The monoisotopic (exact) mass is 450 g/mol. The predicted molar refractivity (Wildman–Crippen MR) is 122 cm³/mol. The summed E-state index contributed by atoms with van der Waals surface area (Å²) in [5.74, 6) is 0.401. The van der Waals surface area contributed by atoms with Gasteiger partial charge in [0, 0.05) is 17.3 Å². The molecule has 8 heteroatoms. The van der Waals surface area contributed by atoms with Crippen molar-refractivity contribution in [3.8, 4) is 22.9 Å². The Labute approximate surface area is 188 Å². The highest BCUT2D eigenvalue weighted by Crippen LogP contribution is 2.43. The number of benzene rings is 2. The predicted octanol–water partition coefficient (Wildman–Crippen LogP) is 5.39. The molecule has 3 N–H and O–H groups in total. The molecule has 0 unspecified atom stereocenters. The molecule has 0 bridgehead atoms. The van der Waals surface area contributed by atoms with Gasteiger partial charge >= 0.3 is 0 Å². The number of ether oxygens (including phenoxy) is 1. The van der Waals surface area contributed by atoms with Crippen molar-refractivity contribution >= 4 is 46.1 Å². The van der Waals surface area contributed by atoms with Gasteiger partial charge in [0.05, 0.1) is 26.8 Å². The number of nitriles is 1. The first-order chi connectivity index (χ1) is 15.0. The average Bonchev–Trinajstić information content (AvgIpc) is 3.08. The molecule has 154 valence electrons. The van der Waals surface area contributed by atoms with Crippen molar-refractivity contribution in [2.45, 2.75) is 0 Å². The Balaban J connectivity index is 1.99. The van der Waals surface area contributed by atoms with Crippen molar-refractivity contribution in [1.29, 1.82) is 5.26 Å². The van der Waals surface area contributed by atoms with Gasteiger partial charge < -0.3 is 20.2 Å². The number of pyridine rings is 1. The Hall–Kier alpha value is -3.66. The number of halogens is 2. The second-order valence-electron chi connectivity index (χ2n) is 6.64. The minimum absolute atomic E-state index is 0.286. The van der Waals surface area contributed by atoms with E-state index < -0.39 is 5.91 Å². The summed E-state index contributed by atoms with van der Waals surface area (Å²) in [5.41, 5.74) is 8.09. The maximum absolute atomic E-state index is 11.3. The van der Waals surface area contributed by atoms with E-state index in [0.717, 1.165) is 0 Å². The highest BCUT2D eigenvalue weighted by Gasteiger charge is 2.23. The molecule has 6 nitrogen and oxygen atoms in total. The molecule has 2 aromatic heterocycles. The van der Waals surface area contributed by atoms with Crippen LogP contribution in [0.4, 0.5) is 11.5 Å². The van der Waals surface area contributed by atoms with Crippen molar-refractivity contribution in [3.05, 3.63) is 82.5 Å². The molecule has 0 saturated heterocycles. The molecule has 0 aliphatic carbocycles. The number of nitrogens with zero attached hydrogens (tertiary/aromatic N) is 2. The highest BCUT2D eigenvalue weighted by atomic mass is 35.5. The number of fused-ring (bicyclic) bond motifs is 1. The van der Waals surface area contributed by atoms with Gasteiger partial charge in [0.25, 0.3) is 5.91 Å². The standard InChI is InChI=1S/C23H16Cl2N4O2/c24-16-7-5-8-17(25)22(16)28-23-21(15(12-26)18-9-3-4-11-29(18)23)14-6-1-2-10-19(14)31-13-20(27)30/h1-11,28H,13H2,(H2,27,30). The van der Waals surface area contributed by atoms with E-state index in [9.17, 15) is 10.1 Å². The fourth-order valence-corrected chi connectivity index (χ4v) is 3.88. The van der Waals surface area contributed by atoms with Crippen LogP contribution < -0.4 is 15.8 Å². The highest BCUT2D eigenvalue weighted by molar-refractivity contribution is 6.39. The normalized spacial score (nSPS) is 10.6. The molecular weight excluding hydrogens is 435 g/mol. The second kappa shape index (κ2) is 8.60. The van der Waals surface area contributed by atoms with Gasteiger partial charge in [-0.2, -0.15) is 5.26 Å². The average molecular weight is 451 g/mol. The third-order valence-corrected chi connectivity index (χ3v) is 5.32. The van der Waals surface area contributed by atoms with Gasteiger partial charge in [-0.05, 0) is 30.3 Å². The van der Waals surface area contributed by atoms with Crippen molar-refractivity contribution in [1.82, 2.24) is 4.40 Å². The van der Waals surface area contributed by atoms with E-state index in [1.807, 2.05) is 40.9 Å². The summed E-state index contributed by atoms with van der Waals surface area (Å²) in [6.07, 6.45) is 1.83. The first kappa shape index (κ1) is 20.6. The van der Waals surface area contributed by atoms with E-state index in [2.05, 4.69) is 11.4 Å². The number of carbonyl (C=O) groups excluding carboxylic acids is 1. The Kier molecular flexibility index (Phi) is 5.72. The van der Waals surface area contributed by atoms with Crippen LogP contribution in [-0.2, 0) is 4.79 Å². The number of para-hydroxylation sites is 2. The summed E-state index contributed by atoms with van der Waals surface area (Å²) in [6.45, 7) is -0.286. The molecule has 2 heterocycles. The summed E-state index contributed by atoms with van der Waals surface area (Å²) in [4.78, 5) is 11.3. The van der Waals surface area contributed by atoms with E-state index in [4.69, 9.17) is 33.7 Å². The van der Waals surface area contributed by atoms with Crippen molar-refractivity contribution < 1.29 is 9.53 Å². The molecule has 31 heavy (non-hydrogen) atoms. The fraction of sp³-hybridized carbons (Fsp3) is 0.0435. The fourth-order valence-electron chi connectivity index (χ4n) is 3.39. The Morgan fingerprint density at radius 3 is 2.48 bits per heavy atom. The molecule has 0 spiro atoms. The minimum Gasteiger partial charge on any atom is -0.483 e. The lowest BCUT2D eigenvalue weighted by molar-refractivity contribution is -0.119. The number of hydrogen-bond donors (Lipinski definition) is 2. The van der Waals surface area contributed by atoms with Gasteiger partial charge in [0.2, 0.25) is 0 Å². The van der Waals surface area contributed by atoms with Crippen LogP contribution in [0.15, 0.2) is 66.9 Å². The molecule has 4 aromatic rings. The van der Waals surface area contributed by atoms with E-state index in [-0.39, 0.29) is 6.61 Å². The van der Waals surface area contributed by atoms with Gasteiger partial charge in [0.1, 0.15) is 17.6 Å². The van der Waals surface area contributed by atoms with Crippen molar-refractivity contribution in [2.75, 3.05) is 11.9 Å². The summed E-state index contributed by atoms with van der Waals surface area (Å²) in [7, 11) is 0. The van der Waals surface area contributed by atoms with Crippen LogP contribution in [0.25, 0.3) is 16.6 Å². The van der Waals surface area contributed by atoms with Crippen LogP contribution in [0.3, 0.4) is 0 Å². The van der Waals surface area contributed by atoms with E-state index in [0.29, 0.717) is 49.5 Å². The first-order valence-electron chi connectivity index (χ1n) is 9.26. The second-order valence-corrected chi connectivity index (χ2v) is 7.45. The Morgan fingerprint density at radius 2 is 1.77 bits per heavy atom. The van der Waals surface area contributed by atoms with Crippen molar-refractivity contribution in [2.24, 2.45) is 5.73 Å². The van der Waals surface area contributed by atoms with Crippen LogP contribution in [0.5, 0.6) is 5.75 Å². The third kappa shape index (κ3) is 3.89. The zero-order chi connectivity index (χ0) is 22.0. The van der Waals surface area contributed by atoms with Crippen LogP contribution in [-0.4, -0.2) is 16.9 Å². The smallest absolute Gasteiger partial charge is 0.255 e. The van der Waals surface area contributed by atoms with Gasteiger partial charge in [-0.25, -0.2) is 0 Å². The van der Waals surface area contributed by atoms with E-state index in [1.165, 1.54) is 0 Å². The number of nitrogens with one attached hydrogen (secondary N) is 1. The molecular formula is C23H16Cl2N4O2. The lowest BCUT2D eigenvalue weighted by atomic mass is 10.0. The molecule has 2 aromatic carbocycles. The quantitative estimate of drug-likeness (QED) is 0.411. The number of amides is 1. The van der Waals surface area contributed by atoms with Crippen LogP contribution >= 0.6 is 23.2 Å². The largest absolute Gasteiger partial charge is 0.483 e. The zero-order valence-corrected chi connectivity index (χ0v) is 17.6. The van der Waals surface area contributed by atoms with Crippen LogP contribution in [0.1, 0.15) is 5.56 Å². The summed E-state index contributed by atoms with van der Waals surface area (Å²) < 4.78 is 7.47. The molecule has 1 amide bonds. The number of nitrogens with two attached hydrogens (primary N) is 1. The van der Waals surface area contributed by atoms with Gasteiger partial charge in [-0.15, -0.1) is 0 Å². The van der Waals surface area contributed by atoms with Crippen LogP contribution in [0.2, 0.25) is 10.0 Å². The number of carbonyl (C=O) groups is 1. The molecule has 4 rings (SSSR count). The molecule has 0 fully saturated rings. The maximum atomic E-state index is 11.3. The van der Waals surface area contributed by atoms with Crippen molar-refractivity contribution in [3.63, 3.8) is 0 Å².